The van der Waals surface area contributed by atoms with E-state index in [1.54, 1.807) is 43.6 Å². The second-order valence-electron chi connectivity index (χ2n) is 6.09. The number of rotatable bonds is 7. The summed E-state index contributed by atoms with van der Waals surface area (Å²) in [7, 11) is 1.61. The summed E-state index contributed by atoms with van der Waals surface area (Å²) in [6, 6.07) is 21.2. The third-order valence-corrected chi connectivity index (χ3v) is 4.28. The molecule has 1 N–H and O–H groups in total. The first-order valence-electron chi connectivity index (χ1n) is 8.90. The molecule has 0 aliphatic carbocycles. The zero-order valence-corrected chi connectivity index (χ0v) is 15.6. The summed E-state index contributed by atoms with van der Waals surface area (Å²) >= 11 is 0. The Balaban J connectivity index is 1.66. The number of hydrogen-bond acceptors (Lipinski definition) is 4. The number of hydrogen-bond donors (Lipinski definition) is 1. The monoisotopic (exact) mass is 361 g/mol. The molecule has 3 rings (SSSR count). The average molecular weight is 361 g/mol. The van der Waals surface area contributed by atoms with Crippen LogP contribution in [0.4, 0.5) is 11.5 Å². The summed E-state index contributed by atoms with van der Waals surface area (Å²) in [5, 5.41) is 2.86. The van der Waals surface area contributed by atoms with Gasteiger partial charge in [0.15, 0.2) is 0 Å². The van der Waals surface area contributed by atoms with E-state index in [0.29, 0.717) is 11.3 Å². The number of nitrogens with one attached hydrogen (secondary N) is 1. The lowest BCUT2D eigenvalue weighted by Gasteiger charge is -2.22. The third kappa shape index (κ3) is 4.85. The highest BCUT2D eigenvalue weighted by molar-refractivity contribution is 6.04. The Kier molecular flexibility index (Phi) is 6.05. The van der Waals surface area contributed by atoms with E-state index >= 15 is 0 Å². The fraction of sp³-hybridized carbons (Fsp3) is 0.182. The average Bonchev–Trinajstić information content (AvgIpc) is 2.73. The van der Waals surface area contributed by atoms with E-state index in [9.17, 15) is 4.79 Å². The number of amides is 1. The summed E-state index contributed by atoms with van der Waals surface area (Å²) in [6.45, 7) is 3.70. The van der Waals surface area contributed by atoms with Crippen molar-refractivity contribution in [3.8, 4) is 5.75 Å². The van der Waals surface area contributed by atoms with Crippen molar-refractivity contribution in [1.82, 2.24) is 4.98 Å². The lowest BCUT2D eigenvalue weighted by molar-refractivity contribution is 0.102. The maximum atomic E-state index is 12.4. The Labute approximate surface area is 159 Å². The zero-order chi connectivity index (χ0) is 19.1. The van der Waals surface area contributed by atoms with Gasteiger partial charge < -0.3 is 15.0 Å². The van der Waals surface area contributed by atoms with Crippen LogP contribution in [0.15, 0.2) is 72.9 Å². The first-order chi connectivity index (χ1) is 13.2. The Bertz CT molecular complexity index is 862. The van der Waals surface area contributed by atoms with Crippen molar-refractivity contribution < 1.29 is 9.53 Å². The molecule has 1 heterocycles. The standard InChI is InChI=1S/C22H23N3O2/c1-3-25(16-17-7-5-4-6-8-17)21-14-9-18(15-23-21)22(26)24-19-10-12-20(27-2)13-11-19/h4-15H,3,16H2,1-2H3,(H,24,26). The maximum absolute atomic E-state index is 12.4. The number of pyridine rings is 1. The van der Waals surface area contributed by atoms with E-state index in [0.717, 1.165) is 24.7 Å². The molecule has 0 fully saturated rings. The molecule has 0 radical (unpaired) electrons. The number of nitrogens with zero attached hydrogens (tertiary/aromatic N) is 2. The lowest BCUT2D eigenvalue weighted by atomic mass is 10.2. The van der Waals surface area contributed by atoms with Crippen LogP contribution in [0.5, 0.6) is 5.75 Å². The molecule has 0 spiro atoms. The summed E-state index contributed by atoms with van der Waals surface area (Å²) in [4.78, 5) is 19.1. The molecule has 0 aliphatic rings. The minimum atomic E-state index is -0.190. The molecule has 0 bridgehead atoms. The molecule has 1 amide bonds. The molecular weight excluding hydrogens is 338 g/mol. The van der Waals surface area contributed by atoms with E-state index < -0.39 is 0 Å². The van der Waals surface area contributed by atoms with Crippen molar-refractivity contribution in [1.29, 1.82) is 0 Å². The molecule has 3 aromatic rings. The van der Waals surface area contributed by atoms with Gasteiger partial charge in [-0.15, -0.1) is 0 Å². The summed E-state index contributed by atoms with van der Waals surface area (Å²) in [5.41, 5.74) is 2.46. The largest absolute Gasteiger partial charge is 0.497 e. The van der Waals surface area contributed by atoms with Crippen molar-refractivity contribution >= 4 is 17.4 Å². The predicted molar refractivity (Wildman–Crippen MR) is 108 cm³/mol. The Morgan fingerprint density at radius 3 is 2.37 bits per heavy atom. The first-order valence-corrected chi connectivity index (χ1v) is 8.90. The van der Waals surface area contributed by atoms with Gasteiger partial charge in [0.1, 0.15) is 11.6 Å². The van der Waals surface area contributed by atoms with Gasteiger partial charge in [0.2, 0.25) is 0 Å². The number of aromatic nitrogens is 1. The molecule has 1 aromatic heterocycles. The smallest absolute Gasteiger partial charge is 0.257 e. The second-order valence-corrected chi connectivity index (χ2v) is 6.09. The van der Waals surface area contributed by atoms with Crippen LogP contribution in [0.25, 0.3) is 0 Å². The number of carbonyl (C=O) groups is 1. The maximum Gasteiger partial charge on any atom is 0.257 e. The SMILES string of the molecule is CCN(Cc1ccccc1)c1ccc(C(=O)Nc2ccc(OC)cc2)cn1. The van der Waals surface area contributed by atoms with Gasteiger partial charge in [-0.2, -0.15) is 0 Å². The van der Waals surface area contributed by atoms with Crippen molar-refractivity contribution in [3.05, 3.63) is 84.1 Å². The van der Waals surface area contributed by atoms with Gasteiger partial charge in [-0.1, -0.05) is 30.3 Å². The molecule has 2 aromatic carbocycles. The summed E-state index contributed by atoms with van der Waals surface area (Å²) < 4.78 is 5.12. The molecule has 138 valence electrons. The molecule has 0 unspecified atom stereocenters. The molecule has 0 saturated heterocycles. The van der Waals surface area contributed by atoms with Gasteiger partial charge in [0.05, 0.1) is 12.7 Å². The van der Waals surface area contributed by atoms with Gasteiger partial charge in [-0.05, 0) is 48.9 Å². The molecule has 27 heavy (non-hydrogen) atoms. The lowest BCUT2D eigenvalue weighted by Crippen LogP contribution is -2.23. The fourth-order valence-corrected chi connectivity index (χ4v) is 2.74. The van der Waals surface area contributed by atoms with Crippen molar-refractivity contribution in [2.75, 3.05) is 23.9 Å². The van der Waals surface area contributed by atoms with E-state index in [1.807, 2.05) is 24.3 Å². The van der Waals surface area contributed by atoms with Crippen LogP contribution in [-0.4, -0.2) is 24.5 Å². The molecular formula is C22H23N3O2. The van der Waals surface area contributed by atoms with Crippen LogP contribution >= 0.6 is 0 Å². The Hall–Kier alpha value is -3.34. The number of carbonyl (C=O) groups excluding carboxylic acids is 1. The van der Waals surface area contributed by atoms with Gasteiger partial charge in [0.25, 0.3) is 5.91 Å². The molecule has 5 heteroatoms. The van der Waals surface area contributed by atoms with Gasteiger partial charge in [-0.3, -0.25) is 4.79 Å². The number of ether oxygens (including phenoxy) is 1. The molecule has 0 atom stereocenters. The van der Waals surface area contributed by atoms with Crippen molar-refractivity contribution in [2.45, 2.75) is 13.5 Å². The topological polar surface area (TPSA) is 54.5 Å². The fourth-order valence-electron chi connectivity index (χ4n) is 2.74. The second kappa shape index (κ2) is 8.85. The van der Waals surface area contributed by atoms with Crippen LogP contribution in [0.1, 0.15) is 22.8 Å². The highest BCUT2D eigenvalue weighted by Crippen LogP contribution is 2.18. The van der Waals surface area contributed by atoms with E-state index in [2.05, 4.69) is 34.3 Å². The highest BCUT2D eigenvalue weighted by atomic mass is 16.5. The van der Waals surface area contributed by atoms with Crippen LogP contribution in [0.3, 0.4) is 0 Å². The number of methoxy groups -OCH3 is 1. The molecule has 0 saturated carbocycles. The minimum Gasteiger partial charge on any atom is -0.497 e. The predicted octanol–water partition coefficient (Wildman–Crippen LogP) is 4.37. The zero-order valence-electron chi connectivity index (χ0n) is 15.6. The first kappa shape index (κ1) is 18.5. The Morgan fingerprint density at radius 1 is 1.04 bits per heavy atom. The number of anilines is 2. The van der Waals surface area contributed by atoms with Crippen molar-refractivity contribution in [2.24, 2.45) is 0 Å². The van der Waals surface area contributed by atoms with E-state index in [-0.39, 0.29) is 5.91 Å². The normalized spacial score (nSPS) is 10.3. The summed E-state index contributed by atoms with van der Waals surface area (Å²) in [5.74, 6) is 1.41. The van der Waals surface area contributed by atoms with Crippen LogP contribution < -0.4 is 15.0 Å². The van der Waals surface area contributed by atoms with Crippen LogP contribution in [0.2, 0.25) is 0 Å². The minimum absolute atomic E-state index is 0.190. The van der Waals surface area contributed by atoms with E-state index in [4.69, 9.17) is 4.74 Å². The Morgan fingerprint density at radius 2 is 1.78 bits per heavy atom. The molecule has 0 aliphatic heterocycles. The van der Waals surface area contributed by atoms with Gasteiger partial charge in [0, 0.05) is 25.0 Å². The van der Waals surface area contributed by atoms with Crippen molar-refractivity contribution in [3.63, 3.8) is 0 Å². The summed E-state index contributed by atoms with van der Waals surface area (Å²) in [6.07, 6.45) is 1.61. The van der Waals surface area contributed by atoms with Crippen LogP contribution in [-0.2, 0) is 6.54 Å². The number of benzene rings is 2. The molecule has 5 nitrogen and oxygen atoms in total. The quantitative estimate of drug-likeness (QED) is 0.679. The highest BCUT2D eigenvalue weighted by Gasteiger charge is 2.10. The van der Waals surface area contributed by atoms with Gasteiger partial charge >= 0.3 is 0 Å². The van der Waals surface area contributed by atoms with E-state index in [1.165, 1.54) is 5.56 Å². The third-order valence-electron chi connectivity index (χ3n) is 4.28. The van der Waals surface area contributed by atoms with Crippen LogP contribution in [0, 0.1) is 0 Å². The van der Waals surface area contributed by atoms with Gasteiger partial charge in [-0.25, -0.2) is 4.98 Å².